The zero-order chi connectivity index (χ0) is 24.7. The second kappa shape index (κ2) is 11.6. The zero-order valence-electron chi connectivity index (χ0n) is 20.3. The van der Waals surface area contributed by atoms with E-state index in [4.69, 9.17) is 0 Å². The summed E-state index contributed by atoms with van der Waals surface area (Å²) in [6.45, 7) is 3.82. The van der Waals surface area contributed by atoms with Crippen LogP contribution in [0.15, 0.2) is 65.7 Å². The van der Waals surface area contributed by atoms with E-state index >= 15 is 0 Å². The van der Waals surface area contributed by atoms with Crippen molar-refractivity contribution in [3.05, 3.63) is 77.6 Å². The molecule has 0 spiro atoms. The summed E-state index contributed by atoms with van der Waals surface area (Å²) < 4.78 is 29.0. The smallest absolute Gasteiger partial charge is 0.243 e. The molecule has 1 aliphatic rings. The highest BCUT2D eigenvalue weighted by molar-refractivity contribution is 7.89. The molecular weight excluding hydrogens is 460 g/mol. The number of para-hydroxylation sites is 1. The maximum Gasteiger partial charge on any atom is 0.243 e. The quantitative estimate of drug-likeness (QED) is 0.431. The van der Waals surface area contributed by atoms with Crippen LogP contribution in [0.5, 0.6) is 0 Å². The molecule has 1 aromatic heterocycles. The highest BCUT2D eigenvalue weighted by Gasteiger charge is 2.25. The molecule has 1 aliphatic heterocycles. The van der Waals surface area contributed by atoms with Crippen molar-refractivity contribution in [2.45, 2.75) is 56.8 Å². The Balaban J connectivity index is 1.19. The number of aryl methyl sites for hydroxylation is 3. The summed E-state index contributed by atoms with van der Waals surface area (Å²) in [5.74, 6) is 0.00622. The van der Waals surface area contributed by atoms with Crippen molar-refractivity contribution >= 4 is 15.9 Å². The number of rotatable bonds is 10. The van der Waals surface area contributed by atoms with E-state index in [-0.39, 0.29) is 5.91 Å². The molecule has 7 nitrogen and oxygen atoms in total. The van der Waals surface area contributed by atoms with E-state index in [1.54, 1.807) is 16.4 Å². The van der Waals surface area contributed by atoms with Crippen LogP contribution >= 0.6 is 0 Å². The second-order valence-electron chi connectivity index (χ2n) is 9.08. The van der Waals surface area contributed by atoms with E-state index in [9.17, 15) is 13.2 Å². The monoisotopic (exact) mass is 494 g/mol. The molecule has 2 aromatic carbocycles. The molecule has 0 radical (unpaired) electrons. The average molecular weight is 495 g/mol. The van der Waals surface area contributed by atoms with Crippen molar-refractivity contribution in [2.75, 3.05) is 19.6 Å². The van der Waals surface area contributed by atoms with Gasteiger partial charge in [-0.2, -0.15) is 9.40 Å². The number of amides is 1. The fourth-order valence-corrected chi connectivity index (χ4v) is 5.91. The van der Waals surface area contributed by atoms with Crippen LogP contribution in [0, 0.1) is 6.92 Å². The van der Waals surface area contributed by atoms with Gasteiger partial charge in [-0.3, -0.25) is 4.79 Å². The van der Waals surface area contributed by atoms with Gasteiger partial charge in [0.2, 0.25) is 15.9 Å². The van der Waals surface area contributed by atoms with Crippen LogP contribution < -0.4 is 5.32 Å². The van der Waals surface area contributed by atoms with E-state index in [1.807, 2.05) is 54.1 Å². The summed E-state index contributed by atoms with van der Waals surface area (Å²) in [6.07, 6.45) is 7.64. The number of nitrogens with one attached hydrogen (secondary N) is 1. The van der Waals surface area contributed by atoms with Gasteiger partial charge in [-0.25, -0.2) is 13.1 Å². The molecule has 0 bridgehead atoms. The summed E-state index contributed by atoms with van der Waals surface area (Å²) in [5, 5.41) is 7.59. The van der Waals surface area contributed by atoms with Gasteiger partial charge in [-0.15, -0.1) is 0 Å². The molecule has 2 heterocycles. The standard InChI is InChI=1S/C27H34N4O3S/c1-22-24(21-31(29-22)25-10-4-2-5-11-25)9-8-18-28-27(32)17-14-23-12-15-26(16-13-23)35(33,34)30-19-6-3-7-20-30/h2,4-5,10-13,15-16,21H,3,6-9,14,17-20H2,1H3,(H,28,32). The van der Waals surface area contributed by atoms with Gasteiger partial charge in [0.15, 0.2) is 0 Å². The van der Waals surface area contributed by atoms with E-state index < -0.39 is 10.0 Å². The van der Waals surface area contributed by atoms with Crippen LogP contribution in [0.3, 0.4) is 0 Å². The Labute approximate surface area is 208 Å². The summed E-state index contributed by atoms with van der Waals surface area (Å²) in [7, 11) is -3.42. The molecular formula is C27H34N4O3S. The first-order valence-electron chi connectivity index (χ1n) is 12.4. The van der Waals surface area contributed by atoms with Crippen molar-refractivity contribution in [1.82, 2.24) is 19.4 Å². The predicted molar refractivity (Wildman–Crippen MR) is 137 cm³/mol. The number of carbonyl (C=O) groups excluding carboxylic acids is 1. The Morgan fingerprint density at radius 1 is 0.971 bits per heavy atom. The van der Waals surface area contributed by atoms with Crippen LogP contribution in [-0.2, 0) is 27.7 Å². The van der Waals surface area contributed by atoms with Crippen LogP contribution in [0.4, 0.5) is 0 Å². The van der Waals surface area contributed by atoms with Crippen molar-refractivity contribution in [3.63, 3.8) is 0 Å². The molecule has 8 heteroatoms. The van der Waals surface area contributed by atoms with Gasteiger partial charge in [0.25, 0.3) is 0 Å². The minimum Gasteiger partial charge on any atom is -0.356 e. The second-order valence-corrected chi connectivity index (χ2v) is 11.0. The molecule has 1 amide bonds. The fraction of sp³-hybridized carbons (Fsp3) is 0.407. The number of carbonyl (C=O) groups is 1. The summed E-state index contributed by atoms with van der Waals surface area (Å²) in [5.41, 5.74) is 4.18. The van der Waals surface area contributed by atoms with Gasteiger partial charge in [0.1, 0.15) is 0 Å². The van der Waals surface area contributed by atoms with Crippen molar-refractivity contribution in [1.29, 1.82) is 0 Å². The normalized spacial score (nSPS) is 14.7. The molecule has 186 valence electrons. The minimum absolute atomic E-state index is 0.00622. The lowest BCUT2D eigenvalue weighted by Crippen LogP contribution is -2.35. The number of nitrogens with zero attached hydrogens (tertiary/aromatic N) is 3. The van der Waals surface area contributed by atoms with Gasteiger partial charge in [0, 0.05) is 32.3 Å². The molecule has 0 unspecified atom stereocenters. The number of benzene rings is 2. The minimum atomic E-state index is -3.42. The maximum atomic E-state index is 12.8. The molecule has 1 saturated heterocycles. The Bertz CT molecular complexity index is 1220. The Morgan fingerprint density at radius 3 is 2.40 bits per heavy atom. The van der Waals surface area contributed by atoms with E-state index in [1.165, 1.54) is 5.56 Å². The molecule has 0 saturated carbocycles. The van der Waals surface area contributed by atoms with Crippen LogP contribution in [0.1, 0.15) is 48.9 Å². The lowest BCUT2D eigenvalue weighted by Gasteiger charge is -2.25. The fourth-order valence-electron chi connectivity index (χ4n) is 4.39. The Kier molecular flexibility index (Phi) is 8.36. The number of hydrogen-bond donors (Lipinski definition) is 1. The van der Waals surface area contributed by atoms with Gasteiger partial charge in [0.05, 0.1) is 16.3 Å². The van der Waals surface area contributed by atoms with Crippen LogP contribution in [0.2, 0.25) is 0 Å². The third kappa shape index (κ3) is 6.58. The number of piperidine rings is 1. The SMILES string of the molecule is Cc1nn(-c2ccccc2)cc1CCCNC(=O)CCc1ccc(S(=O)(=O)N2CCCCC2)cc1. The molecule has 0 atom stereocenters. The third-order valence-electron chi connectivity index (χ3n) is 6.48. The zero-order valence-corrected chi connectivity index (χ0v) is 21.1. The first-order valence-corrected chi connectivity index (χ1v) is 13.8. The Hall–Kier alpha value is -2.97. The summed E-state index contributed by atoms with van der Waals surface area (Å²) in [6, 6.07) is 17.0. The number of hydrogen-bond acceptors (Lipinski definition) is 4. The van der Waals surface area contributed by atoms with Gasteiger partial charge in [-0.1, -0.05) is 36.8 Å². The maximum absolute atomic E-state index is 12.8. The molecule has 35 heavy (non-hydrogen) atoms. The number of sulfonamides is 1. The van der Waals surface area contributed by atoms with Crippen molar-refractivity contribution in [2.24, 2.45) is 0 Å². The Morgan fingerprint density at radius 2 is 1.69 bits per heavy atom. The highest BCUT2D eigenvalue weighted by Crippen LogP contribution is 2.21. The topological polar surface area (TPSA) is 84.3 Å². The third-order valence-corrected chi connectivity index (χ3v) is 8.40. The van der Waals surface area contributed by atoms with Gasteiger partial charge < -0.3 is 5.32 Å². The molecule has 3 aromatic rings. The van der Waals surface area contributed by atoms with Crippen LogP contribution in [0.25, 0.3) is 5.69 Å². The van der Waals surface area contributed by atoms with Gasteiger partial charge >= 0.3 is 0 Å². The van der Waals surface area contributed by atoms with E-state index in [0.29, 0.717) is 37.4 Å². The van der Waals surface area contributed by atoms with Gasteiger partial charge in [-0.05, 0) is 74.4 Å². The first-order chi connectivity index (χ1) is 16.9. The summed E-state index contributed by atoms with van der Waals surface area (Å²) >= 11 is 0. The molecule has 0 aliphatic carbocycles. The molecule has 1 fully saturated rings. The largest absolute Gasteiger partial charge is 0.356 e. The average Bonchev–Trinajstić information content (AvgIpc) is 3.27. The number of aromatic nitrogens is 2. The van der Waals surface area contributed by atoms with E-state index in [2.05, 4.69) is 16.6 Å². The highest BCUT2D eigenvalue weighted by atomic mass is 32.2. The lowest BCUT2D eigenvalue weighted by atomic mass is 10.1. The molecule has 1 N–H and O–H groups in total. The predicted octanol–water partition coefficient (Wildman–Crippen LogP) is 4.04. The lowest BCUT2D eigenvalue weighted by molar-refractivity contribution is -0.121. The van der Waals surface area contributed by atoms with E-state index in [0.717, 1.165) is 49.0 Å². The van der Waals surface area contributed by atoms with Crippen molar-refractivity contribution in [3.8, 4) is 5.69 Å². The van der Waals surface area contributed by atoms with Crippen LogP contribution in [-0.4, -0.2) is 48.0 Å². The first kappa shape index (κ1) is 25.1. The van der Waals surface area contributed by atoms with Crippen molar-refractivity contribution < 1.29 is 13.2 Å². The summed E-state index contributed by atoms with van der Waals surface area (Å²) in [4.78, 5) is 12.6. The molecule has 4 rings (SSSR count).